The lowest BCUT2D eigenvalue weighted by molar-refractivity contribution is -0.00705. The average molecular weight is 289 g/mol. The summed E-state index contributed by atoms with van der Waals surface area (Å²) in [5, 5.41) is 9.92. The van der Waals surface area contributed by atoms with Crippen molar-refractivity contribution in [3.63, 3.8) is 0 Å². The minimum Gasteiger partial charge on any atom is -0.389 e. The van der Waals surface area contributed by atoms with E-state index in [9.17, 15) is 5.11 Å². The molecule has 1 atom stereocenters. The van der Waals surface area contributed by atoms with E-state index in [-0.39, 0.29) is 0 Å². The summed E-state index contributed by atoms with van der Waals surface area (Å²) in [6, 6.07) is 0. The molecule has 1 heterocycles. The van der Waals surface area contributed by atoms with E-state index < -0.39 is 6.10 Å². The van der Waals surface area contributed by atoms with Crippen molar-refractivity contribution in [3.05, 3.63) is 0 Å². The van der Waals surface area contributed by atoms with Crippen LogP contribution < -0.4 is 0 Å². The summed E-state index contributed by atoms with van der Waals surface area (Å²) in [7, 11) is 5.86. The largest absolute Gasteiger partial charge is 0.389 e. The number of hydrogen-bond acceptors (Lipinski definition) is 6. The third-order valence-corrected chi connectivity index (χ3v) is 3.54. The molecular formula is C14H31N3O3. The molecule has 1 N–H and O–H groups in total. The minimum absolute atomic E-state index is 0.393. The highest BCUT2D eigenvalue weighted by Crippen LogP contribution is 2.03. The first kappa shape index (κ1) is 17.8. The standard InChI is InChI=1S/C14H31N3O3/c1-15(2)4-5-16-6-8-17(9-7-16)12-14(18)13-20-11-10-19-3/h14,18H,4-13H2,1-3H3. The number of aliphatic hydroxyl groups is 1. The Labute approximate surface area is 123 Å². The van der Waals surface area contributed by atoms with Gasteiger partial charge in [0.05, 0.1) is 25.9 Å². The lowest BCUT2D eigenvalue weighted by Crippen LogP contribution is -2.50. The molecule has 0 aliphatic carbocycles. The van der Waals surface area contributed by atoms with Gasteiger partial charge in [-0.15, -0.1) is 0 Å². The van der Waals surface area contributed by atoms with E-state index in [4.69, 9.17) is 9.47 Å². The molecule has 0 saturated carbocycles. The van der Waals surface area contributed by atoms with Gasteiger partial charge in [-0.3, -0.25) is 9.80 Å². The molecule has 0 spiro atoms. The number of likely N-dealkylation sites (N-methyl/N-ethyl adjacent to an activating group) is 1. The number of aliphatic hydroxyl groups excluding tert-OH is 1. The maximum atomic E-state index is 9.92. The Bertz CT molecular complexity index is 234. The lowest BCUT2D eigenvalue weighted by atomic mass is 10.2. The first-order chi connectivity index (χ1) is 9.61. The topological polar surface area (TPSA) is 48.4 Å². The second kappa shape index (κ2) is 10.5. The van der Waals surface area contributed by atoms with Gasteiger partial charge in [0, 0.05) is 52.9 Å². The zero-order chi connectivity index (χ0) is 14.8. The molecule has 0 radical (unpaired) electrons. The summed E-state index contributed by atoms with van der Waals surface area (Å²) in [6.07, 6.45) is -0.403. The first-order valence-electron chi connectivity index (χ1n) is 7.46. The first-order valence-corrected chi connectivity index (χ1v) is 7.46. The van der Waals surface area contributed by atoms with Crippen molar-refractivity contribution in [2.45, 2.75) is 6.10 Å². The maximum Gasteiger partial charge on any atom is 0.0900 e. The third-order valence-electron chi connectivity index (χ3n) is 3.54. The zero-order valence-electron chi connectivity index (χ0n) is 13.3. The Morgan fingerprint density at radius 2 is 1.75 bits per heavy atom. The van der Waals surface area contributed by atoms with Crippen molar-refractivity contribution in [2.24, 2.45) is 0 Å². The van der Waals surface area contributed by atoms with E-state index in [0.29, 0.717) is 26.4 Å². The second-order valence-corrected chi connectivity index (χ2v) is 5.67. The van der Waals surface area contributed by atoms with Crippen molar-refractivity contribution in [1.82, 2.24) is 14.7 Å². The van der Waals surface area contributed by atoms with Crippen LogP contribution in [0.2, 0.25) is 0 Å². The molecule has 1 fully saturated rings. The van der Waals surface area contributed by atoms with Crippen LogP contribution in [0.25, 0.3) is 0 Å². The van der Waals surface area contributed by atoms with Crippen molar-refractivity contribution in [3.8, 4) is 0 Å². The summed E-state index contributed by atoms with van der Waals surface area (Å²) < 4.78 is 10.2. The Hall–Kier alpha value is -0.240. The fraction of sp³-hybridized carbons (Fsp3) is 1.00. The second-order valence-electron chi connectivity index (χ2n) is 5.67. The molecule has 0 amide bonds. The number of methoxy groups -OCH3 is 1. The molecule has 6 heteroatoms. The van der Waals surface area contributed by atoms with Crippen LogP contribution in [0.3, 0.4) is 0 Å². The van der Waals surface area contributed by atoms with Crippen molar-refractivity contribution in [2.75, 3.05) is 86.8 Å². The average Bonchev–Trinajstić information content (AvgIpc) is 2.43. The van der Waals surface area contributed by atoms with Gasteiger partial charge in [0.25, 0.3) is 0 Å². The summed E-state index contributed by atoms with van der Waals surface area (Å²) in [5.74, 6) is 0. The smallest absolute Gasteiger partial charge is 0.0900 e. The number of ether oxygens (including phenoxy) is 2. The van der Waals surface area contributed by atoms with E-state index in [1.165, 1.54) is 0 Å². The summed E-state index contributed by atoms with van der Waals surface area (Å²) in [5.41, 5.74) is 0. The van der Waals surface area contributed by atoms with Gasteiger partial charge >= 0.3 is 0 Å². The molecule has 1 aliphatic rings. The summed E-state index contributed by atoms with van der Waals surface area (Å²) in [6.45, 7) is 8.70. The van der Waals surface area contributed by atoms with Crippen LogP contribution in [0.15, 0.2) is 0 Å². The predicted molar refractivity (Wildman–Crippen MR) is 80.1 cm³/mol. The molecule has 1 aliphatic heterocycles. The van der Waals surface area contributed by atoms with Gasteiger partial charge in [0.1, 0.15) is 0 Å². The highest BCUT2D eigenvalue weighted by atomic mass is 16.5. The Morgan fingerprint density at radius 1 is 1.10 bits per heavy atom. The van der Waals surface area contributed by atoms with Crippen molar-refractivity contribution >= 4 is 0 Å². The molecule has 120 valence electrons. The van der Waals surface area contributed by atoms with E-state index in [2.05, 4.69) is 28.8 Å². The fourth-order valence-electron chi connectivity index (χ4n) is 2.25. The van der Waals surface area contributed by atoms with E-state index in [1.54, 1.807) is 7.11 Å². The SMILES string of the molecule is COCCOCC(O)CN1CCN(CCN(C)C)CC1. The van der Waals surface area contributed by atoms with Crippen LogP contribution in [-0.4, -0.2) is 113 Å². The minimum atomic E-state index is -0.403. The van der Waals surface area contributed by atoms with Gasteiger partial charge in [0.15, 0.2) is 0 Å². The normalized spacial score (nSPS) is 19.6. The maximum absolute atomic E-state index is 9.92. The summed E-state index contributed by atoms with van der Waals surface area (Å²) in [4.78, 5) is 7.02. The lowest BCUT2D eigenvalue weighted by Gasteiger charge is -2.36. The van der Waals surface area contributed by atoms with Crippen LogP contribution in [0.4, 0.5) is 0 Å². The van der Waals surface area contributed by atoms with Crippen molar-refractivity contribution in [1.29, 1.82) is 0 Å². The van der Waals surface area contributed by atoms with E-state index >= 15 is 0 Å². The Kier molecular flexibility index (Phi) is 9.33. The van der Waals surface area contributed by atoms with Crippen LogP contribution in [0.5, 0.6) is 0 Å². The molecule has 0 aromatic carbocycles. The molecule has 1 rings (SSSR count). The van der Waals surface area contributed by atoms with E-state index in [1.807, 2.05) is 0 Å². The Morgan fingerprint density at radius 3 is 2.35 bits per heavy atom. The number of rotatable bonds is 10. The number of hydrogen-bond donors (Lipinski definition) is 1. The van der Waals surface area contributed by atoms with Crippen LogP contribution in [0, 0.1) is 0 Å². The number of β-amino-alcohol motifs (C(OH)–C–C–N with tert-alkyl or cyclic N) is 1. The van der Waals surface area contributed by atoms with Gasteiger partial charge in [0.2, 0.25) is 0 Å². The molecule has 0 bridgehead atoms. The zero-order valence-corrected chi connectivity index (χ0v) is 13.3. The fourth-order valence-corrected chi connectivity index (χ4v) is 2.25. The van der Waals surface area contributed by atoms with Gasteiger partial charge < -0.3 is 19.5 Å². The molecule has 20 heavy (non-hydrogen) atoms. The Balaban J connectivity index is 2.06. The highest BCUT2D eigenvalue weighted by Gasteiger charge is 2.19. The summed E-state index contributed by atoms with van der Waals surface area (Å²) >= 11 is 0. The van der Waals surface area contributed by atoms with Crippen LogP contribution >= 0.6 is 0 Å². The molecule has 1 unspecified atom stereocenters. The molecule has 0 aromatic rings. The molecular weight excluding hydrogens is 258 g/mol. The highest BCUT2D eigenvalue weighted by molar-refractivity contribution is 4.74. The molecule has 1 saturated heterocycles. The van der Waals surface area contributed by atoms with Crippen molar-refractivity contribution < 1.29 is 14.6 Å². The number of piperazine rings is 1. The van der Waals surface area contributed by atoms with E-state index in [0.717, 1.165) is 39.3 Å². The number of nitrogens with zero attached hydrogens (tertiary/aromatic N) is 3. The van der Waals surface area contributed by atoms with Gasteiger partial charge in [-0.2, -0.15) is 0 Å². The molecule has 0 aromatic heterocycles. The monoisotopic (exact) mass is 289 g/mol. The molecule has 6 nitrogen and oxygen atoms in total. The van der Waals surface area contributed by atoms with Gasteiger partial charge in [-0.05, 0) is 14.1 Å². The third kappa shape index (κ3) is 8.14. The van der Waals surface area contributed by atoms with Crippen LogP contribution in [0.1, 0.15) is 0 Å². The van der Waals surface area contributed by atoms with Gasteiger partial charge in [-0.1, -0.05) is 0 Å². The quantitative estimate of drug-likeness (QED) is 0.531. The predicted octanol–water partition coefficient (Wildman–Crippen LogP) is -0.810. The van der Waals surface area contributed by atoms with Crippen LogP contribution in [-0.2, 0) is 9.47 Å². The van der Waals surface area contributed by atoms with Gasteiger partial charge in [-0.25, -0.2) is 0 Å².